The van der Waals surface area contributed by atoms with Crippen molar-refractivity contribution in [1.82, 2.24) is 5.32 Å². The van der Waals surface area contributed by atoms with Crippen molar-refractivity contribution in [2.24, 2.45) is 11.8 Å². The van der Waals surface area contributed by atoms with Crippen LogP contribution in [0.1, 0.15) is 31.7 Å². The molecule has 1 aliphatic carbocycles. The summed E-state index contributed by atoms with van der Waals surface area (Å²) >= 11 is 3.42. The lowest BCUT2D eigenvalue weighted by Crippen LogP contribution is -2.37. The maximum absolute atomic E-state index is 13.8. The molecule has 3 atom stereocenters. The molecular weight excluding hydrogens is 293 g/mol. The first-order valence-corrected chi connectivity index (χ1v) is 7.52. The molecule has 1 aromatic rings. The molecule has 1 nitrogen and oxygen atoms in total. The van der Waals surface area contributed by atoms with E-state index in [0.29, 0.717) is 12.0 Å². The first-order valence-electron chi connectivity index (χ1n) is 6.73. The summed E-state index contributed by atoms with van der Waals surface area (Å²) in [6, 6.07) is 5.58. The van der Waals surface area contributed by atoms with E-state index in [0.717, 1.165) is 22.4 Å². The largest absolute Gasteiger partial charge is 0.316 e. The van der Waals surface area contributed by atoms with Crippen molar-refractivity contribution in [3.63, 3.8) is 0 Å². The van der Waals surface area contributed by atoms with Crippen molar-refractivity contribution in [1.29, 1.82) is 0 Å². The number of hydrogen-bond acceptors (Lipinski definition) is 1. The van der Waals surface area contributed by atoms with Crippen LogP contribution in [0.5, 0.6) is 0 Å². The highest BCUT2D eigenvalue weighted by molar-refractivity contribution is 9.10. The van der Waals surface area contributed by atoms with Crippen molar-refractivity contribution < 1.29 is 4.39 Å². The second-order valence-corrected chi connectivity index (χ2v) is 6.32. The van der Waals surface area contributed by atoms with Crippen molar-refractivity contribution in [2.45, 2.75) is 38.6 Å². The third-order valence-electron chi connectivity index (χ3n) is 4.26. The monoisotopic (exact) mass is 313 g/mol. The van der Waals surface area contributed by atoms with Gasteiger partial charge in [0.15, 0.2) is 0 Å². The predicted octanol–water partition coefficient (Wildman–Crippen LogP) is 4.15. The van der Waals surface area contributed by atoms with Crippen LogP contribution in [0.15, 0.2) is 22.7 Å². The summed E-state index contributed by atoms with van der Waals surface area (Å²) in [6.07, 6.45) is 4.66. The Kier molecular flexibility index (Phi) is 4.79. The van der Waals surface area contributed by atoms with Crippen LogP contribution in [0.25, 0.3) is 0 Å². The maximum atomic E-state index is 13.8. The third-order valence-corrected chi connectivity index (χ3v) is 4.76. The van der Waals surface area contributed by atoms with E-state index < -0.39 is 0 Å². The summed E-state index contributed by atoms with van der Waals surface area (Å²) < 4.78 is 14.8. The second kappa shape index (κ2) is 6.16. The van der Waals surface area contributed by atoms with E-state index in [4.69, 9.17) is 0 Å². The molecule has 2 rings (SSSR count). The van der Waals surface area contributed by atoms with Gasteiger partial charge in [-0.1, -0.05) is 35.7 Å². The minimum absolute atomic E-state index is 0.0934. The van der Waals surface area contributed by atoms with Gasteiger partial charge in [-0.3, -0.25) is 0 Å². The van der Waals surface area contributed by atoms with Crippen LogP contribution >= 0.6 is 15.9 Å². The molecule has 1 fully saturated rings. The number of halogens is 2. The van der Waals surface area contributed by atoms with Gasteiger partial charge in [-0.15, -0.1) is 0 Å². The van der Waals surface area contributed by atoms with E-state index in [9.17, 15) is 4.39 Å². The molecule has 1 aliphatic rings. The summed E-state index contributed by atoms with van der Waals surface area (Å²) in [5.41, 5.74) is 0.808. The smallest absolute Gasteiger partial charge is 0.126 e. The van der Waals surface area contributed by atoms with Gasteiger partial charge in [0.25, 0.3) is 0 Å². The number of benzene rings is 1. The molecule has 0 heterocycles. The Morgan fingerprint density at radius 1 is 1.44 bits per heavy atom. The van der Waals surface area contributed by atoms with E-state index in [-0.39, 0.29) is 5.82 Å². The molecule has 0 amide bonds. The van der Waals surface area contributed by atoms with Crippen molar-refractivity contribution >= 4 is 15.9 Å². The van der Waals surface area contributed by atoms with Crippen molar-refractivity contribution in [2.75, 3.05) is 7.05 Å². The summed E-state index contributed by atoms with van der Waals surface area (Å²) in [4.78, 5) is 0. The number of hydrogen-bond donors (Lipinski definition) is 1. The number of rotatable bonds is 4. The minimum atomic E-state index is -0.0934. The SMILES string of the molecule is CNC(Cc1cc(Br)ccc1F)C1CCCC1C. The van der Waals surface area contributed by atoms with Crippen LogP contribution in [0.4, 0.5) is 4.39 Å². The minimum Gasteiger partial charge on any atom is -0.316 e. The third kappa shape index (κ3) is 3.12. The van der Waals surface area contributed by atoms with E-state index in [1.54, 1.807) is 12.1 Å². The van der Waals surface area contributed by atoms with Gasteiger partial charge in [0.05, 0.1) is 0 Å². The van der Waals surface area contributed by atoms with Crippen LogP contribution in [0.2, 0.25) is 0 Å². The van der Waals surface area contributed by atoms with Crippen LogP contribution in [0.3, 0.4) is 0 Å². The highest BCUT2D eigenvalue weighted by atomic mass is 79.9. The summed E-state index contributed by atoms with van der Waals surface area (Å²) in [5.74, 6) is 1.33. The molecule has 1 N–H and O–H groups in total. The molecule has 0 radical (unpaired) electrons. The lowest BCUT2D eigenvalue weighted by atomic mass is 9.86. The fraction of sp³-hybridized carbons (Fsp3) is 0.600. The van der Waals surface area contributed by atoms with E-state index in [1.807, 2.05) is 13.1 Å². The molecular formula is C15H21BrFN. The van der Waals surface area contributed by atoms with Crippen LogP contribution in [-0.4, -0.2) is 13.1 Å². The van der Waals surface area contributed by atoms with Gasteiger partial charge in [0.2, 0.25) is 0 Å². The van der Waals surface area contributed by atoms with Gasteiger partial charge in [-0.05, 0) is 55.5 Å². The number of likely N-dealkylation sites (N-methyl/N-ethyl adjacent to an activating group) is 1. The fourth-order valence-electron chi connectivity index (χ4n) is 3.18. The quantitative estimate of drug-likeness (QED) is 0.880. The normalized spacial score (nSPS) is 25.3. The average molecular weight is 314 g/mol. The molecule has 1 aromatic carbocycles. The van der Waals surface area contributed by atoms with E-state index in [2.05, 4.69) is 28.2 Å². The summed E-state index contributed by atoms with van der Waals surface area (Å²) in [7, 11) is 1.99. The molecule has 18 heavy (non-hydrogen) atoms. The number of nitrogens with one attached hydrogen (secondary N) is 1. The molecule has 0 aliphatic heterocycles. The van der Waals surface area contributed by atoms with Gasteiger partial charge >= 0.3 is 0 Å². The molecule has 3 heteroatoms. The molecule has 100 valence electrons. The maximum Gasteiger partial charge on any atom is 0.126 e. The van der Waals surface area contributed by atoms with Gasteiger partial charge in [0.1, 0.15) is 5.82 Å². The zero-order valence-corrected chi connectivity index (χ0v) is 12.6. The average Bonchev–Trinajstić information content (AvgIpc) is 2.77. The molecule has 0 saturated heterocycles. The lowest BCUT2D eigenvalue weighted by molar-refractivity contribution is 0.306. The molecule has 0 aromatic heterocycles. The lowest BCUT2D eigenvalue weighted by Gasteiger charge is -2.27. The van der Waals surface area contributed by atoms with Crippen LogP contribution in [-0.2, 0) is 6.42 Å². The van der Waals surface area contributed by atoms with Gasteiger partial charge in [-0.25, -0.2) is 4.39 Å². The standard InChI is InChI=1S/C15H21BrFN/c1-10-4-3-5-13(10)15(18-2)9-11-8-12(16)6-7-14(11)17/h6-8,10,13,15,18H,3-5,9H2,1-2H3. The Labute approximate surface area is 117 Å². The van der Waals surface area contributed by atoms with Crippen molar-refractivity contribution in [3.8, 4) is 0 Å². The Hall–Kier alpha value is -0.410. The zero-order chi connectivity index (χ0) is 13.1. The Morgan fingerprint density at radius 2 is 2.22 bits per heavy atom. The topological polar surface area (TPSA) is 12.0 Å². The van der Waals surface area contributed by atoms with Gasteiger partial charge in [0, 0.05) is 10.5 Å². The molecule has 1 saturated carbocycles. The fourth-order valence-corrected chi connectivity index (χ4v) is 3.58. The second-order valence-electron chi connectivity index (χ2n) is 5.41. The Morgan fingerprint density at radius 3 is 2.83 bits per heavy atom. The summed E-state index contributed by atoms with van der Waals surface area (Å²) in [6.45, 7) is 2.32. The summed E-state index contributed by atoms with van der Waals surface area (Å²) in [5, 5.41) is 3.39. The van der Waals surface area contributed by atoms with Crippen LogP contribution < -0.4 is 5.32 Å². The molecule has 0 bridgehead atoms. The molecule has 0 spiro atoms. The Bertz CT molecular complexity index is 407. The van der Waals surface area contributed by atoms with Crippen molar-refractivity contribution in [3.05, 3.63) is 34.1 Å². The predicted molar refractivity (Wildman–Crippen MR) is 77.2 cm³/mol. The highest BCUT2D eigenvalue weighted by Gasteiger charge is 2.30. The molecule has 3 unspecified atom stereocenters. The van der Waals surface area contributed by atoms with Gasteiger partial charge in [-0.2, -0.15) is 0 Å². The van der Waals surface area contributed by atoms with Gasteiger partial charge < -0.3 is 5.32 Å². The van der Waals surface area contributed by atoms with Crippen LogP contribution in [0, 0.1) is 17.7 Å². The first kappa shape index (κ1) is 14.0. The zero-order valence-electron chi connectivity index (χ0n) is 11.0. The highest BCUT2D eigenvalue weighted by Crippen LogP contribution is 2.35. The Balaban J connectivity index is 2.12. The first-order chi connectivity index (χ1) is 8.61. The van der Waals surface area contributed by atoms with E-state index in [1.165, 1.54) is 19.3 Å². The van der Waals surface area contributed by atoms with E-state index >= 15 is 0 Å².